The number of piperidine rings is 1. The number of likely N-dealkylation sites (tertiary alicyclic amines) is 1. The molecule has 1 aliphatic heterocycles. The predicted octanol–water partition coefficient (Wildman–Crippen LogP) is 2.99. The maximum atomic E-state index is 9.70. The third-order valence-electron chi connectivity index (χ3n) is 3.84. The molecule has 1 aromatic rings. The van der Waals surface area contributed by atoms with Gasteiger partial charge in [-0.05, 0) is 45.2 Å². The molecule has 3 nitrogen and oxygen atoms in total. The normalized spacial score (nSPS) is 18.2. The van der Waals surface area contributed by atoms with Gasteiger partial charge in [-0.2, -0.15) is 0 Å². The van der Waals surface area contributed by atoms with E-state index in [1.165, 1.54) is 12.8 Å². The minimum absolute atomic E-state index is 0.375. The van der Waals surface area contributed by atoms with Crippen LogP contribution < -0.4 is 5.32 Å². The summed E-state index contributed by atoms with van der Waals surface area (Å²) in [6, 6.07) is 7.01. The summed E-state index contributed by atoms with van der Waals surface area (Å²) in [6.45, 7) is 8.75. The second-order valence-electron chi connectivity index (χ2n) is 5.55. The van der Waals surface area contributed by atoms with Gasteiger partial charge in [-0.1, -0.05) is 6.07 Å². The van der Waals surface area contributed by atoms with Crippen molar-refractivity contribution >= 4 is 5.69 Å². The van der Waals surface area contributed by atoms with E-state index < -0.39 is 0 Å². The number of hydrogen-bond donors (Lipinski definition) is 2. The first-order chi connectivity index (χ1) is 8.56. The van der Waals surface area contributed by atoms with Gasteiger partial charge in [0.05, 0.1) is 0 Å². The maximum absolute atomic E-state index is 9.70. The van der Waals surface area contributed by atoms with Gasteiger partial charge in [-0.25, -0.2) is 0 Å². The number of hydrogen-bond acceptors (Lipinski definition) is 3. The molecule has 0 aliphatic carbocycles. The molecule has 2 N–H and O–H groups in total. The van der Waals surface area contributed by atoms with E-state index in [-0.39, 0.29) is 0 Å². The minimum atomic E-state index is 0.375. The first kappa shape index (κ1) is 13.2. The number of rotatable bonds is 3. The lowest BCUT2D eigenvalue weighted by atomic mass is 10.0. The Morgan fingerprint density at radius 2 is 1.94 bits per heavy atom. The van der Waals surface area contributed by atoms with Gasteiger partial charge in [-0.3, -0.25) is 0 Å². The number of nitrogens with zero attached hydrogens (tertiary/aromatic N) is 1. The van der Waals surface area contributed by atoms with Gasteiger partial charge < -0.3 is 15.3 Å². The molecular weight excluding hydrogens is 224 g/mol. The van der Waals surface area contributed by atoms with Crippen LogP contribution in [-0.2, 0) is 0 Å². The van der Waals surface area contributed by atoms with Crippen molar-refractivity contribution in [1.82, 2.24) is 4.90 Å². The van der Waals surface area contributed by atoms with Gasteiger partial charge in [0.15, 0.2) is 0 Å². The van der Waals surface area contributed by atoms with Gasteiger partial charge in [0.25, 0.3) is 0 Å². The summed E-state index contributed by atoms with van der Waals surface area (Å²) in [5.41, 5.74) is 1.95. The highest BCUT2D eigenvalue weighted by atomic mass is 16.3. The van der Waals surface area contributed by atoms with Crippen molar-refractivity contribution in [2.24, 2.45) is 0 Å². The number of aromatic hydroxyl groups is 1. The maximum Gasteiger partial charge on any atom is 0.120 e. The summed E-state index contributed by atoms with van der Waals surface area (Å²) in [5, 5.41) is 13.2. The third kappa shape index (κ3) is 3.16. The fraction of sp³-hybridized carbons (Fsp3) is 0.600. The quantitative estimate of drug-likeness (QED) is 0.863. The van der Waals surface area contributed by atoms with Gasteiger partial charge in [0.1, 0.15) is 5.75 Å². The molecule has 1 aliphatic rings. The van der Waals surface area contributed by atoms with Crippen LogP contribution in [0.3, 0.4) is 0 Å². The zero-order valence-corrected chi connectivity index (χ0v) is 11.6. The molecule has 1 aromatic carbocycles. The molecule has 0 saturated carbocycles. The van der Waals surface area contributed by atoms with E-state index >= 15 is 0 Å². The summed E-state index contributed by atoms with van der Waals surface area (Å²) < 4.78 is 0. The van der Waals surface area contributed by atoms with Crippen molar-refractivity contribution in [2.75, 3.05) is 18.4 Å². The van der Waals surface area contributed by atoms with Crippen LogP contribution in [0.25, 0.3) is 0 Å². The molecule has 100 valence electrons. The summed E-state index contributed by atoms with van der Waals surface area (Å²) in [7, 11) is 0. The van der Waals surface area contributed by atoms with Gasteiger partial charge in [-0.15, -0.1) is 0 Å². The fourth-order valence-corrected chi connectivity index (χ4v) is 2.50. The van der Waals surface area contributed by atoms with E-state index in [1.807, 2.05) is 25.1 Å². The molecule has 1 heterocycles. The average Bonchev–Trinajstić information content (AvgIpc) is 2.34. The fourth-order valence-electron chi connectivity index (χ4n) is 2.50. The lowest BCUT2D eigenvalue weighted by Gasteiger charge is -2.35. The molecule has 18 heavy (non-hydrogen) atoms. The Hall–Kier alpha value is -1.22. The lowest BCUT2D eigenvalue weighted by molar-refractivity contribution is 0.177. The summed E-state index contributed by atoms with van der Waals surface area (Å²) in [6.07, 6.45) is 2.35. The van der Waals surface area contributed by atoms with Gasteiger partial charge >= 0.3 is 0 Å². The smallest absolute Gasteiger partial charge is 0.120 e. The molecule has 0 unspecified atom stereocenters. The number of aryl methyl sites for hydroxylation is 1. The molecule has 1 saturated heterocycles. The number of phenolic OH excluding ortho intramolecular Hbond substituents is 1. The van der Waals surface area contributed by atoms with Crippen LogP contribution >= 0.6 is 0 Å². The second kappa shape index (κ2) is 5.61. The summed E-state index contributed by atoms with van der Waals surface area (Å²) in [4.78, 5) is 2.52. The highest BCUT2D eigenvalue weighted by molar-refractivity contribution is 5.51. The van der Waals surface area contributed by atoms with Crippen LogP contribution in [0.2, 0.25) is 0 Å². The molecule has 2 rings (SSSR count). The van der Waals surface area contributed by atoms with Crippen LogP contribution in [0, 0.1) is 6.92 Å². The van der Waals surface area contributed by atoms with Crippen LogP contribution in [0.5, 0.6) is 5.75 Å². The van der Waals surface area contributed by atoms with Crippen LogP contribution in [0.4, 0.5) is 5.69 Å². The zero-order valence-electron chi connectivity index (χ0n) is 11.6. The van der Waals surface area contributed by atoms with Crippen molar-refractivity contribution in [3.8, 4) is 5.75 Å². The highest BCUT2D eigenvalue weighted by Gasteiger charge is 2.20. The average molecular weight is 248 g/mol. The summed E-state index contributed by atoms with van der Waals surface area (Å²) >= 11 is 0. The number of nitrogens with one attached hydrogen (secondary N) is 1. The monoisotopic (exact) mass is 248 g/mol. The van der Waals surface area contributed by atoms with Crippen molar-refractivity contribution < 1.29 is 5.11 Å². The van der Waals surface area contributed by atoms with Crippen molar-refractivity contribution in [1.29, 1.82) is 0 Å². The summed E-state index contributed by atoms with van der Waals surface area (Å²) in [5.74, 6) is 0.375. The standard InChI is InChI=1S/C15H24N2O/c1-11(2)17-8-6-13(7-9-17)16-14-5-4-12(3)15(18)10-14/h4-5,10-11,13,16,18H,6-9H2,1-3H3. The Labute approximate surface area is 110 Å². The Morgan fingerprint density at radius 1 is 1.28 bits per heavy atom. The molecular formula is C15H24N2O. The SMILES string of the molecule is Cc1ccc(NC2CCN(C(C)C)CC2)cc1O. The van der Waals surface area contributed by atoms with E-state index in [0.717, 1.165) is 24.3 Å². The first-order valence-corrected chi connectivity index (χ1v) is 6.86. The Balaban J connectivity index is 1.89. The second-order valence-corrected chi connectivity index (χ2v) is 5.55. The predicted molar refractivity (Wildman–Crippen MR) is 76.2 cm³/mol. The lowest BCUT2D eigenvalue weighted by Crippen LogP contribution is -2.42. The van der Waals surface area contributed by atoms with E-state index in [0.29, 0.717) is 17.8 Å². The Morgan fingerprint density at radius 3 is 2.50 bits per heavy atom. The topological polar surface area (TPSA) is 35.5 Å². The van der Waals surface area contributed by atoms with Gasteiger partial charge in [0.2, 0.25) is 0 Å². The number of anilines is 1. The van der Waals surface area contributed by atoms with E-state index in [9.17, 15) is 5.11 Å². The van der Waals surface area contributed by atoms with Crippen molar-refractivity contribution in [3.05, 3.63) is 23.8 Å². The van der Waals surface area contributed by atoms with Crippen LogP contribution in [-0.4, -0.2) is 35.2 Å². The molecule has 0 spiro atoms. The minimum Gasteiger partial charge on any atom is -0.508 e. The van der Waals surface area contributed by atoms with Crippen molar-refractivity contribution in [3.63, 3.8) is 0 Å². The van der Waals surface area contributed by atoms with Crippen LogP contribution in [0.15, 0.2) is 18.2 Å². The largest absolute Gasteiger partial charge is 0.508 e. The van der Waals surface area contributed by atoms with E-state index in [4.69, 9.17) is 0 Å². The van der Waals surface area contributed by atoms with Gasteiger partial charge in [0, 0.05) is 36.9 Å². The molecule has 0 radical (unpaired) electrons. The van der Waals surface area contributed by atoms with E-state index in [1.54, 1.807) is 0 Å². The molecule has 0 bridgehead atoms. The third-order valence-corrected chi connectivity index (χ3v) is 3.84. The molecule has 0 atom stereocenters. The molecule has 0 aromatic heterocycles. The molecule has 3 heteroatoms. The Bertz CT molecular complexity index is 395. The molecule has 0 amide bonds. The number of benzene rings is 1. The number of phenols is 1. The molecule has 1 fully saturated rings. The highest BCUT2D eigenvalue weighted by Crippen LogP contribution is 2.23. The van der Waals surface area contributed by atoms with E-state index in [2.05, 4.69) is 24.1 Å². The van der Waals surface area contributed by atoms with Crippen LogP contribution in [0.1, 0.15) is 32.3 Å². The first-order valence-electron chi connectivity index (χ1n) is 6.86. The zero-order chi connectivity index (χ0) is 13.1. The Kier molecular flexibility index (Phi) is 4.12. The van der Waals surface area contributed by atoms with Crippen molar-refractivity contribution in [2.45, 2.75) is 45.7 Å².